The average Bonchev–Trinajstić information content (AvgIpc) is 2.87. The van der Waals surface area contributed by atoms with Gasteiger partial charge in [-0.1, -0.05) is 110 Å². The van der Waals surface area contributed by atoms with Gasteiger partial charge in [0.25, 0.3) is 0 Å². The molecule has 0 aromatic carbocycles. The lowest BCUT2D eigenvalue weighted by molar-refractivity contribution is -0.916. The molecular formula is C29H61NO6P+. The monoisotopic (exact) mass is 550 g/mol. The molecule has 0 aliphatic carbocycles. The molecule has 0 bridgehead atoms. The summed E-state index contributed by atoms with van der Waals surface area (Å²) in [6.45, 7) is 9.80. The molecule has 1 rings (SSSR count). The van der Waals surface area contributed by atoms with Gasteiger partial charge in [-0.2, -0.15) is 0 Å². The normalized spacial score (nSPS) is 18.1. The van der Waals surface area contributed by atoms with Crippen molar-refractivity contribution < 1.29 is 32.5 Å². The summed E-state index contributed by atoms with van der Waals surface area (Å²) in [5.41, 5.74) is 0. The van der Waals surface area contributed by atoms with E-state index in [0.29, 0.717) is 13.2 Å². The number of unbranched alkanes of at least 4 members (excludes halogenated alkanes) is 15. The van der Waals surface area contributed by atoms with Crippen LogP contribution >= 0.6 is 7.82 Å². The van der Waals surface area contributed by atoms with Gasteiger partial charge in [-0.3, -0.25) is 9.05 Å². The Bertz CT molecular complexity index is 559. The molecular weight excluding hydrogens is 489 g/mol. The van der Waals surface area contributed by atoms with Crippen LogP contribution in [0.1, 0.15) is 117 Å². The number of likely N-dealkylation sites (N-methyl/N-ethyl adjacent to an activating group) is 1. The number of hydrogen-bond donors (Lipinski definition) is 1. The van der Waals surface area contributed by atoms with Crippen LogP contribution in [-0.4, -0.2) is 75.7 Å². The first-order valence-electron chi connectivity index (χ1n) is 15.5. The maximum absolute atomic E-state index is 12.1. The number of phosphoric acid groups is 1. The molecule has 0 radical (unpaired) electrons. The Kier molecular flexibility index (Phi) is 21.5. The molecule has 1 N–H and O–H groups in total. The number of morpholine rings is 1. The average molecular weight is 551 g/mol. The summed E-state index contributed by atoms with van der Waals surface area (Å²) < 4.78 is 34.4. The molecule has 0 aromatic rings. The van der Waals surface area contributed by atoms with E-state index in [4.69, 9.17) is 18.5 Å². The number of hydrogen-bond acceptors (Lipinski definition) is 5. The molecule has 2 atom stereocenters. The van der Waals surface area contributed by atoms with Crippen LogP contribution in [0.15, 0.2) is 0 Å². The quantitative estimate of drug-likeness (QED) is 0.0682. The summed E-state index contributed by atoms with van der Waals surface area (Å²) in [6.07, 6.45) is 21.8. The molecule has 0 aromatic heterocycles. The number of rotatable bonds is 26. The first-order valence-corrected chi connectivity index (χ1v) is 17.0. The first kappa shape index (κ1) is 35.0. The second kappa shape index (κ2) is 22.8. The van der Waals surface area contributed by atoms with Crippen LogP contribution in [0.3, 0.4) is 0 Å². The third kappa shape index (κ3) is 21.5. The Morgan fingerprint density at radius 2 is 1.24 bits per heavy atom. The third-order valence-electron chi connectivity index (χ3n) is 7.50. The van der Waals surface area contributed by atoms with Gasteiger partial charge in [-0.05, 0) is 6.42 Å². The van der Waals surface area contributed by atoms with Crippen molar-refractivity contribution in [1.82, 2.24) is 0 Å². The van der Waals surface area contributed by atoms with Gasteiger partial charge in [0.1, 0.15) is 26.2 Å². The van der Waals surface area contributed by atoms with E-state index < -0.39 is 7.82 Å². The molecule has 0 amide bonds. The maximum atomic E-state index is 12.1. The standard InChI is InChI=1S/C29H60NO6P/c1-4-5-6-7-8-9-10-11-12-13-14-15-16-17-18-19-23-34-27-29(2)28-36-37(31,32)35-26-22-30(3)20-24-33-25-21-30/h29H,4-28H2,1-3H3/p+1/t29-/m1/s1. The lowest BCUT2D eigenvalue weighted by Crippen LogP contribution is -2.53. The zero-order valence-corrected chi connectivity index (χ0v) is 25.5. The fraction of sp³-hybridized carbons (Fsp3) is 1.00. The summed E-state index contributed by atoms with van der Waals surface area (Å²) in [7, 11) is -1.90. The Hall–Kier alpha value is -0.0100. The highest BCUT2D eigenvalue weighted by Gasteiger charge is 2.28. The second-order valence-electron chi connectivity index (χ2n) is 11.5. The van der Waals surface area contributed by atoms with Gasteiger partial charge in [0.05, 0.1) is 33.5 Å². The van der Waals surface area contributed by atoms with Gasteiger partial charge < -0.3 is 18.9 Å². The predicted molar refractivity (Wildman–Crippen MR) is 153 cm³/mol. The van der Waals surface area contributed by atoms with Crippen LogP contribution < -0.4 is 0 Å². The summed E-state index contributed by atoms with van der Waals surface area (Å²) in [6, 6.07) is 0. The van der Waals surface area contributed by atoms with E-state index in [0.717, 1.165) is 43.8 Å². The van der Waals surface area contributed by atoms with E-state index in [1.807, 2.05) is 6.92 Å². The van der Waals surface area contributed by atoms with Crippen LogP contribution in [0.4, 0.5) is 0 Å². The van der Waals surface area contributed by atoms with Crippen LogP contribution in [0.2, 0.25) is 0 Å². The molecule has 8 heteroatoms. The minimum Gasteiger partial charge on any atom is -0.381 e. The molecule has 0 spiro atoms. The minimum absolute atomic E-state index is 0.0499. The van der Waals surface area contributed by atoms with Crippen LogP contribution in [0.5, 0.6) is 0 Å². The smallest absolute Gasteiger partial charge is 0.381 e. The predicted octanol–water partition coefficient (Wildman–Crippen LogP) is 7.51. The Morgan fingerprint density at radius 1 is 0.757 bits per heavy atom. The molecule has 222 valence electrons. The zero-order valence-electron chi connectivity index (χ0n) is 24.6. The Morgan fingerprint density at radius 3 is 1.76 bits per heavy atom. The summed E-state index contributed by atoms with van der Waals surface area (Å²) in [5, 5.41) is 0. The molecule has 1 aliphatic heterocycles. The van der Waals surface area contributed by atoms with E-state index in [-0.39, 0.29) is 19.1 Å². The molecule has 1 heterocycles. The summed E-state index contributed by atoms with van der Waals surface area (Å²) >= 11 is 0. The summed E-state index contributed by atoms with van der Waals surface area (Å²) in [5.74, 6) is 0.0499. The molecule has 1 fully saturated rings. The van der Waals surface area contributed by atoms with Crippen molar-refractivity contribution >= 4 is 7.82 Å². The van der Waals surface area contributed by atoms with E-state index >= 15 is 0 Å². The molecule has 37 heavy (non-hydrogen) atoms. The van der Waals surface area contributed by atoms with Crippen LogP contribution in [-0.2, 0) is 23.1 Å². The lowest BCUT2D eigenvalue weighted by Gasteiger charge is -2.37. The highest BCUT2D eigenvalue weighted by molar-refractivity contribution is 7.47. The minimum atomic E-state index is -4.02. The van der Waals surface area contributed by atoms with Gasteiger partial charge in [-0.15, -0.1) is 0 Å². The number of phosphoric ester groups is 1. The van der Waals surface area contributed by atoms with Gasteiger partial charge in [-0.25, -0.2) is 4.57 Å². The lowest BCUT2D eigenvalue weighted by atomic mass is 10.0. The van der Waals surface area contributed by atoms with Crippen molar-refractivity contribution in [3.63, 3.8) is 0 Å². The van der Waals surface area contributed by atoms with Crippen molar-refractivity contribution in [3.8, 4) is 0 Å². The van der Waals surface area contributed by atoms with Crippen molar-refractivity contribution in [1.29, 1.82) is 0 Å². The maximum Gasteiger partial charge on any atom is 0.472 e. The number of quaternary nitrogens is 1. The topological polar surface area (TPSA) is 74.2 Å². The van der Waals surface area contributed by atoms with E-state index in [1.54, 1.807) is 0 Å². The van der Waals surface area contributed by atoms with Crippen LogP contribution in [0.25, 0.3) is 0 Å². The Labute approximate surface area is 229 Å². The Balaban J connectivity index is 1.84. The van der Waals surface area contributed by atoms with E-state index in [9.17, 15) is 9.46 Å². The molecule has 7 nitrogen and oxygen atoms in total. The van der Waals surface area contributed by atoms with Gasteiger partial charge in [0, 0.05) is 12.5 Å². The van der Waals surface area contributed by atoms with Crippen molar-refractivity contribution in [2.45, 2.75) is 117 Å². The molecule has 0 saturated carbocycles. The molecule has 1 unspecified atom stereocenters. The number of nitrogens with zero attached hydrogens (tertiary/aromatic N) is 1. The van der Waals surface area contributed by atoms with Crippen molar-refractivity contribution in [3.05, 3.63) is 0 Å². The second-order valence-corrected chi connectivity index (χ2v) is 12.9. The van der Waals surface area contributed by atoms with E-state index in [2.05, 4.69) is 14.0 Å². The molecule has 1 saturated heterocycles. The van der Waals surface area contributed by atoms with Crippen molar-refractivity contribution in [2.24, 2.45) is 5.92 Å². The highest BCUT2D eigenvalue weighted by atomic mass is 31.2. The number of ether oxygens (including phenoxy) is 2. The first-order chi connectivity index (χ1) is 17.9. The van der Waals surface area contributed by atoms with E-state index in [1.165, 1.54) is 96.3 Å². The van der Waals surface area contributed by atoms with Crippen LogP contribution in [0, 0.1) is 5.92 Å². The van der Waals surface area contributed by atoms with Gasteiger partial charge in [0.15, 0.2) is 0 Å². The highest BCUT2D eigenvalue weighted by Crippen LogP contribution is 2.43. The largest absolute Gasteiger partial charge is 0.472 e. The molecule has 1 aliphatic rings. The van der Waals surface area contributed by atoms with Crippen molar-refractivity contribution in [2.75, 3.05) is 66.3 Å². The third-order valence-corrected chi connectivity index (χ3v) is 8.49. The van der Waals surface area contributed by atoms with Gasteiger partial charge >= 0.3 is 7.82 Å². The fourth-order valence-corrected chi connectivity index (χ4v) is 5.56. The van der Waals surface area contributed by atoms with Gasteiger partial charge in [0.2, 0.25) is 0 Å². The summed E-state index contributed by atoms with van der Waals surface area (Å²) in [4.78, 5) is 9.94. The zero-order chi connectivity index (χ0) is 27.1. The SMILES string of the molecule is CCCCCCCCCCCCCCCCCCOC[C@@H](C)COP(=O)(O)OCC[N+]1(C)CCOCC1. The fourth-order valence-electron chi connectivity index (χ4n) is 4.73.